The van der Waals surface area contributed by atoms with Crippen LogP contribution < -0.4 is 10.6 Å². The minimum absolute atomic E-state index is 0.107. The van der Waals surface area contributed by atoms with Crippen LogP contribution in [0.25, 0.3) is 22.2 Å². The van der Waals surface area contributed by atoms with E-state index in [9.17, 15) is 9.59 Å². The van der Waals surface area contributed by atoms with Crippen molar-refractivity contribution in [1.82, 2.24) is 14.8 Å². The van der Waals surface area contributed by atoms with Gasteiger partial charge in [-0.15, -0.1) is 10.2 Å². The Morgan fingerprint density at radius 3 is 2.30 bits per heavy atom. The van der Waals surface area contributed by atoms with E-state index in [1.165, 1.54) is 11.8 Å². The van der Waals surface area contributed by atoms with Crippen molar-refractivity contribution in [2.45, 2.75) is 17.3 Å². The summed E-state index contributed by atoms with van der Waals surface area (Å²) < 4.78 is 1.86. The Kier molecular flexibility index (Phi) is 7.00. The van der Waals surface area contributed by atoms with Gasteiger partial charge in [0.25, 0.3) is 5.91 Å². The Bertz CT molecular complexity index is 1560. The van der Waals surface area contributed by atoms with Crippen LogP contribution in [0.15, 0.2) is 102 Å². The summed E-state index contributed by atoms with van der Waals surface area (Å²) in [5.41, 5.74) is 2.93. The summed E-state index contributed by atoms with van der Waals surface area (Å²) >= 11 is 1.35. The maximum absolute atomic E-state index is 13.0. The molecule has 8 heteroatoms. The molecule has 2 N–H and O–H groups in total. The molecule has 0 radical (unpaired) electrons. The molecule has 0 bridgehead atoms. The molecular weight excluding hydrogens is 482 g/mol. The molecular formula is C29H25N5O2S. The van der Waals surface area contributed by atoms with Crippen LogP contribution in [0, 0.1) is 0 Å². The van der Waals surface area contributed by atoms with E-state index in [1.54, 1.807) is 12.1 Å². The molecule has 37 heavy (non-hydrogen) atoms. The number of carbonyl (C=O) groups excluding carboxylic acids is 2. The van der Waals surface area contributed by atoms with E-state index in [4.69, 9.17) is 0 Å². The monoisotopic (exact) mass is 507 g/mol. The molecule has 0 fully saturated rings. The Morgan fingerprint density at radius 1 is 0.811 bits per heavy atom. The third-order valence-electron chi connectivity index (χ3n) is 5.97. The van der Waals surface area contributed by atoms with Crippen LogP contribution in [0.2, 0.25) is 0 Å². The highest BCUT2D eigenvalue weighted by molar-refractivity contribution is 8.00. The molecule has 0 aliphatic carbocycles. The standard InChI is InChI=1S/C29H25N5O2S/c1-19(27(35)31-25-14-8-12-20-9-6-7-13-24(20)25)37-29-33-32-26(34(29)2)21-15-17-23(18-16-21)30-28(36)22-10-4-3-5-11-22/h3-19H,1-2H3,(H,30,36)(H,31,35). The van der Waals surface area contributed by atoms with Gasteiger partial charge in [0.1, 0.15) is 0 Å². The largest absolute Gasteiger partial charge is 0.325 e. The molecule has 7 nitrogen and oxygen atoms in total. The van der Waals surface area contributed by atoms with Gasteiger partial charge >= 0.3 is 0 Å². The number of thioether (sulfide) groups is 1. The van der Waals surface area contributed by atoms with Gasteiger partial charge in [-0.05, 0) is 54.8 Å². The molecule has 0 spiro atoms. The van der Waals surface area contributed by atoms with Gasteiger partial charge in [-0.3, -0.25) is 9.59 Å². The molecule has 5 aromatic rings. The van der Waals surface area contributed by atoms with Crippen LogP contribution in [0.5, 0.6) is 0 Å². The Hall–Kier alpha value is -4.43. The second-order valence-electron chi connectivity index (χ2n) is 8.54. The lowest BCUT2D eigenvalue weighted by Crippen LogP contribution is -2.23. The van der Waals surface area contributed by atoms with Crippen LogP contribution in [0.3, 0.4) is 0 Å². The number of hydrogen-bond donors (Lipinski definition) is 2. The summed E-state index contributed by atoms with van der Waals surface area (Å²) in [5, 5.41) is 16.9. The van der Waals surface area contributed by atoms with E-state index >= 15 is 0 Å². The molecule has 4 aromatic carbocycles. The number of amides is 2. The highest BCUT2D eigenvalue weighted by Crippen LogP contribution is 2.28. The van der Waals surface area contributed by atoms with Gasteiger partial charge in [0.2, 0.25) is 5.91 Å². The lowest BCUT2D eigenvalue weighted by molar-refractivity contribution is -0.115. The molecule has 184 valence electrons. The summed E-state index contributed by atoms with van der Waals surface area (Å²) in [6, 6.07) is 30.3. The maximum atomic E-state index is 13.0. The van der Waals surface area contributed by atoms with Crippen LogP contribution in [0.1, 0.15) is 17.3 Å². The number of nitrogens with one attached hydrogen (secondary N) is 2. The fourth-order valence-corrected chi connectivity index (χ4v) is 4.76. The highest BCUT2D eigenvalue weighted by atomic mass is 32.2. The molecule has 0 aliphatic rings. The number of benzene rings is 4. The van der Waals surface area contributed by atoms with Gasteiger partial charge in [-0.1, -0.05) is 66.4 Å². The van der Waals surface area contributed by atoms with Crippen molar-refractivity contribution >= 4 is 45.7 Å². The lowest BCUT2D eigenvalue weighted by Gasteiger charge is -2.13. The van der Waals surface area contributed by atoms with E-state index in [-0.39, 0.29) is 17.1 Å². The van der Waals surface area contributed by atoms with Gasteiger partial charge in [0, 0.05) is 34.9 Å². The minimum atomic E-state index is -0.384. The van der Waals surface area contributed by atoms with Crippen molar-refractivity contribution in [1.29, 1.82) is 0 Å². The number of nitrogens with zero attached hydrogens (tertiary/aromatic N) is 3. The predicted octanol–water partition coefficient (Wildman–Crippen LogP) is 6.01. The quantitative estimate of drug-likeness (QED) is 0.264. The summed E-state index contributed by atoms with van der Waals surface area (Å²) in [7, 11) is 1.87. The number of hydrogen-bond acceptors (Lipinski definition) is 5. The molecule has 1 unspecified atom stereocenters. The van der Waals surface area contributed by atoms with Crippen LogP contribution in [-0.2, 0) is 11.8 Å². The topological polar surface area (TPSA) is 88.9 Å². The smallest absolute Gasteiger partial charge is 0.255 e. The second kappa shape index (κ2) is 10.7. The van der Waals surface area contributed by atoms with E-state index in [0.29, 0.717) is 22.2 Å². The summed E-state index contributed by atoms with van der Waals surface area (Å²) in [6.07, 6.45) is 0. The number of fused-ring (bicyclic) bond motifs is 1. The number of aromatic nitrogens is 3. The van der Waals surface area contributed by atoms with Crippen molar-refractivity contribution in [2.24, 2.45) is 7.05 Å². The normalized spacial score (nSPS) is 11.7. The minimum Gasteiger partial charge on any atom is -0.325 e. The molecule has 2 amide bonds. The first kappa shape index (κ1) is 24.3. The zero-order valence-corrected chi connectivity index (χ0v) is 21.2. The SMILES string of the molecule is CC(Sc1nnc(-c2ccc(NC(=O)c3ccccc3)cc2)n1C)C(=O)Nc1cccc2ccccc12. The van der Waals surface area contributed by atoms with Crippen molar-refractivity contribution in [3.8, 4) is 11.4 Å². The van der Waals surface area contributed by atoms with Crippen molar-refractivity contribution in [2.75, 3.05) is 10.6 Å². The zero-order valence-electron chi connectivity index (χ0n) is 20.4. The summed E-state index contributed by atoms with van der Waals surface area (Å²) in [4.78, 5) is 25.3. The molecule has 1 heterocycles. The third kappa shape index (κ3) is 5.39. The second-order valence-corrected chi connectivity index (χ2v) is 9.85. The van der Waals surface area contributed by atoms with Gasteiger partial charge < -0.3 is 15.2 Å². The third-order valence-corrected chi connectivity index (χ3v) is 7.10. The van der Waals surface area contributed by atoms with Crippen molar-refractivity contribution < 1.29 is 9.59 Å². The van der Waals surface area contributed by atoms with Gasteiger partial charge in [0.15, 0.2) is 11.0 Å². The number of carbonyl (C=O) groups is 2. The van der Waals surface area contributed by atoms with Crippen molar-refractivity contribution in [3.05, 3.63) is 103 Å². The van der Waals surface area contributed by atoms with E-state index in [0.717, 1.165) is 22.0 Å². The summed E-state index contributed by atoms with van der Waals surface area (Å²) in [5.74, 6) is 0.399. The van der Waals surface area contributed by atoms with Crippen LogP contribution >= 0.6 is 11.8 Å². The molecule has 0 aliphatic heterocycles. The first-order chi connectivity index (χ1) is 18.0. The lowest BCUT2D eigenvalue weighted by atomic mass is 10.1. The molecule has 1 aromatic heterocycles. The van der Waals surface area contributed by atoms with Crippen LogP contribution in [0.4, 0.5) is 11.4 Å². The number of anilines is 2. The first-order valence-corrected chi connectivity index (χ1v) is 12.7. The summed E-state index contributed by atoms with van der Waals surface area (Å²) in [6.45, 7) is 1.85. The first-order valence-electron chi connectivity index (χ1n) is 11.8. The molecule has 5 rings (SSSR count). The molecule has 0 saturated heterocycles. The van der Waals surface area contributed by atoms with Gasteiger partial charge in [-0.2, -0.15) is 0 Å². The fraction of sp³-hybridized carbons (Fsp3) is 0.103. The van der Waals surface area contributed by atoms with E-state index < -0.39 is 0 Å². The van der Waals surface area contributed by atoms with Gasteiger partial charge in [-0.25, -0.2) is 0 Å². The highest BCUT2D eigenvalue weighted by Gasteiger charge is 2.20. The average Bonchev–Trinajstić information content (AvgIpc) is 3.29. The average molecular weight is 508 g/mol. The zero-order chi connectivity index (χ0) is 25.8. The number of rotatable bonds is 7. The maximum Gasteiger partial charge on any atom is 0.255 e. The van der Waals surface area contributed by atoms with Gasteiger partial charge in [0.05, 0.1) is 5.25 Å². The molecule has 1 atom stereocenters. The molecule has 0 saturated carbocycles. The van der Waals surface area contributed by atoms with E-state index in [2.05, 4.69) is 20.8 Å². The van der Waals surface area contributed by atoms with Crippen LogP contribution in [-0.4, -0.2) is 31.8 Å². The van der Waals surface area contributed by atoms with Crippen molar-refractivity contribution in [3.63, 3.8) is 0 Å². The Labute approximate surface area is 218 Å². The van der Waals surface area contributed by atoms with E-state index in [1.807, 2.05) is 103 Å². The predicted molar refractivity (Wildman–Crippen MR) is 149 cm³/mol. The Morgan fingerprint density at radius 2 is 1.51 bits per heavy atom. The fourth-order valence-electron chi connectivity index (χ4n) is 3.94. The Balaban J connectivity index is 1.25.